The number of likely N-dealkylation sites (tertiary alicyclic amines) is 1. The summed E-state index contributed by atoms with van der Waals surface area (Å²) in [5.74, 6) is 4.28. The first kappa shape index (κ1) is 24.3. The third kappa shape index (κ3) is 6.25. The molecule has 0 bridgehead atoms. The van der Waals surface area contributed by atoms with Gasteiger partial charge in [-0.15, -0.1) is 0 Å². The zero-order valence-corrected chi connectivity index (χ0v) is 21.4. The Morgan fingerprint density at radius 1 is 1.03 bits per heavy atom. The van der Waals surface area contributed by atoms with Crippen LogP contribution in [-0.4, -0.2) is 23.0 Å². The van der Waals surface area contributed by atoms with Gasteiger partial charge >= 0.3 is 0 Å². The second kappa shape index (κ2) is 12.0. The number of benzene rings is 1. The summed E-state index contributed by atoms with van der Waals surface area (Å²) >= 11 is 0. The van der Waals surface area contributed by atoms with Gasteiger partial charge in [0.1, 0.15) is 5.76 Å². The van der Waals surface area contributed by atoms with Gasteiger partial charge in [0.05, 0.1) is 18.7 Å². The molecular weight excluding hydrogens is 428 g/mol. The summed E-state index contributed by atoms with van der Waals surface area (Å²) in [4.78, 5) is 7.48. The smallest absolute Gasteiger partial charge is 0.202 e. The van der Waals surface area contributed by atoms with Crippen LogP contribution in [0.3, 0.4) is 0 Å². The van der Waals surface area contributed by atoms with E-state index in [9.17, 15) is 0 Å². The summed E-state index contributed by atoms with van der Waals surface area (Å²) in [5.41, 5.74) is 2.88. The Labute approximate surface area is 212 Å². The highest BCUT2D eigenvalue weighted by molar-refractivity contribution is 5.27. The molecule has 3 aliphatic rings. The molecule has 2 heterocycles. The van der Waals surface area contributed by atoms with Gasteiger partial charge in [-0.1, -0.05) is 79.6 Å². The second-order valence-corrected chi connectivity index (χ2v) is 10.9. The Hall–Kier alpha value is -2.39. The lowest BCUT2D eigenvalue weighted by molar-refractivity contribution is 0.103. The lowest BCUT2D eigenvalue weighted by atomic mass is 9.79. The molecule has 0 radical (unpaired) electrons. The summed E-state index contributed by atoms with van der Waals surface area (Å²) in [7, 11) is 0. The summed E-state index contributed by atoms with van der Waals surface area (Å²) in [5, 5.41) is 0. The monoisotopic (exact) mass is 470 g/mol. The Morgan fingerprint density at radius 2 is 1.94 bits per heavy atom. The van der Waals surface area contributed by atoms with Gasteiger partial charge < -0.3 is 4.42 Å². The van der Waals surface area contributed by atoms with E-state index in [1.54, 1.807) is 5.57 Å². The van der Waals surface area contributed by atoms with Gasteiger partial charge in [-0.2, -0.15) is 0 Å². The number of rotatable bonds is 8. The molecule has 3 heteroatoms. The Bertz CT molecular complexity index is 1020. The lowest BCUT2D eigenvalue weighted by Gasteiger charge is -2.38. The van der Waals surface area contributed by atoms with Crippen molar-refractivity contribution in [3.8, 4) is 0 Å². The van der Waals surface area contributed by atoms with Crippen molar-refractivity contribution in [1.82, 2.24) is 9.88 Å². The van der Waals surface area contributed by atoms with Crippen LogP contribution in [0.25, 0.3) is 0 Å². The highest BCUT2D eigenvalue weighted by Crippen LogP contribution is 2.38. The molecule has 186 valence electrons. The fourth-order valence-electron chi connectivity index (χ4n) is 6.53. The van der Waals surface area contributed by atoms with Crippen molar-refractivity contribution in [1.29, 1.82) is 0 Å². The quantitative estimate of drug-likeness (QED) is 0.365. The van der Waals surface area contributed by atoms with Crippen LogP contribution in [-0.2, 0) is 6.54 Å². The normalized spacial score (nSPS) is 26.3. The van der Waals surface area contributed by atoms with Gasteiger partial charge in [-0.25, -0.2) is 4.98 Å². The molecule has 0 spiro atoms. The van der Waals surface area contributed by atoms with E-state index in [0.717, 1.165) is 49.5 Å². The maximum absolute atomic E-state index is 6.54. The SMILES string of the molecule is CCC1CCN(Cc2cnc(C(c3ccccc3)C3CC=CCCC3)o2)CC1CC1=CCCC=C1. The molecule has 2 aliphatic carbocycles. The van der Waals surface area contributed by atoms with E-state index in [-0.39, 0.29) is 5.92 Å². The number of piperidine rings is 1. The van der Waals surface area contributed by atoms with Crippen molar-refractivity contribution in [2.24, 2.45) is 17.8 Å². The van der Waals surface area contributed by atoms with Crippen molar-refractivity contribution in [3.05, 3.63) is 89.7 Å². The summed E-state index contributed by atoms with van der Waals surface area (Å²) in [6, 6.07) is 10.9. The number of hydrogen-bond acceptors (Lipinski definition) is 3. The number of oxazole rings is 1. The van der Waals surface area contributed by atoms with Crippen LogP contribution >= 0.6 is 0 Å². The van der Waals surface area contributed by atoms with Crippen LogP contribution in [0.1, 0.15) is 87.8 Å². The van der Waals surface area contributed by atoms with E-state index in [0.29, 0.717) is 5.92 Å². The zero-order chi connectivity index (χ0) is 23.9. The molecule has 3 nitrogen and oxygen atoms in total. The summed E-state index contributed by atoms with van der Waals surface area (Å²) < 4.78 is 6.54. The van der Waals surface area contributed by atoms with E-state index < -0.39 is 0 Å². The van der Waals surface area contributed by atoms with Crippen LogP contribution in [0.5, 0.6) is 0 Å². The van der Waals surface area contributed by atoms with Crippen molar-refractivity contribution in [2.75, 3.05) is 13.1 Å². The van der Waals surface area contributed by atoms with Crippen LogP contribution in [0.2, 0.25) is 0 Å². The van der Waals surface area contributed by atoms with Gasteiger partial charge in [0, 0.05) is 6.54 Å². The van der Waals surface area contributed by atoms with Crippen LogP contribution in [0, 0.1) is 17.8 Å². The first-order valence-electron chi connectivity index (χ1n) is 14.0. The third-order valence-corrected chi connectivity index (χ3v) is 8.47. The molecule has 1 aromatic carbocycles. The maximum atomic E-state index is 6.54. The minimum atomic E-state index is 0.233. The Kier molecular flexibility index (Phi) is 8.36. The molecule has 0 N–H and O–H groups in total. The van der Waals surface area contributed by atoms with Gasteiger partial charge in [0.15, 0.2) is 0 Å². The van der Waals surface area contributed by atoms with Gasteiger partial charge in [0.25, 0.3) is 0 Å². The number of hydrogen-bond donors (Lipinski definition) is 0. The molecule has 5 rings (SSSR count). The van der Waals surface area contributed by atoms with E-state index in [4.69, 9.17) is 9.40 Å². The summed E-state index contributed by atoms with van der Waals surface area (Å²) in [6.07, 6.45) is 24.9. The highest BCUT2D eigenvalue weighted by Gasteiger charge is 2.31. The number of allylic oxidation sites excluding steroid dienone is 6. The van der Waals surface area contributed by atoms with Crippen molar-refractivity contribution in [3.63, 3.8) is 0 Å². The van der Waals surface area contributed by atoms with Crippen LogP contribution in [0.15, 0.2) is 76.9 Å². The molecule has 1 fully saturated rings. The fraction of sp³-hybridized carbons (Fsp3) is 0.531. The first-order valence-corrected chi connectivity index (χ1v) is 14.0. The molecule has 2 aromatic rings. The molecule has 1 saturated heterocycles. The first-order chi connectivity index (χ1) is 17.3. The fourth-order valence-corrected chi connectivity index (χ4v) is 6.53. The number of aromatic nitrogens is 1. The van der Waals surface area contributed by atoms with Gasteiger partial charge in [-0.3, -0.25) is 4.90 Å². The van der Waals surface area contributed by atoms with E-state index in [1.165, 1.54) is 56.9 Å². The molecule has 0 amide bonds. The van der Waals surface area contributed by atoms with Crippen molar-refractivity contribution >= 4 is 0 Å². The topological polar surface area (TPSA) is 29.3 Å². The molecule has 0 saturated carbocycles. The Balaban J connectivity index is 1.29. The van der Waals surface area contributed by atoms with Gasteiger partial charge in [0.2, 0.25) is 5.89 Å². The number of nitrogens with zero attached hydrogens (tertiary/aromatic N) is 2. The predicted molar refractivity (Wildman–Crippen MR) is 144 cm³/mol. The Morgan fingerprint density at radius 3 is 2.77 bits per heavy atom. The molecule has 1 aromatic heterocycles. The molecule has 35 heavy (non-hydrogen) atoms. The third-order valence-electron chi connectivity index (χ3n) is 8.47. The van der Waals surface area contributed by atoms with Gasteiger partial charge in [-0.05, 0) is 81.2 Å². The largest absolute Gasteiger partial charge is 0.444 e. The van der Waals surface area contributed by atoms with Crippen LogP contribution < -0.4 is 0 Å². The average molecular weight is 471 g/mol. The molecule has 4 unspecified atom stereocenters. The van der Waals surface area contributed by atoms with E-state index in [1.807, 2.05) is 6.20 Å². The second-order valence-electron chi connectivity index (χ2n) is 10.9. The molecular formula is C32H42N2O. The van der Waals surface area contributed by atoms with Crippen LogP contribution in [0.4, 0.5) is 0 Å². The van der Waals surface area contributed by atoms with E-state index in [2.05, 4.69) is 72.5 Å². The minimum Gasteiger partial charge on any atom is -0.444 e. The average Bonchev–Trinajstić information content (AvgIpc) is 3.18. The van der Waals surface area contributed by atoms with Crippen molar-refractivity contribution < 1.29 is 4.42 Å². The maximum Gasteiger partial charge on any atom is 0.202 e. The van der Waals surface area contributed by atoms with Crippen molar-refractivity contribution in [2.45, 2.75) is 77.2 Å². The summed E-state index contributed by atoms with van der Waals surface area (Å²) in [6.45, 7) is 5.57. The molecule has 1 aliphatic heterocycles. The zero-order valence-electron chi connectivity index (χ0n) is 21.4. The van der Waals surface area contributed by atoms with E-state index >= 15 is 0 Å². The lowest BCUT2D eigenvalue weighted by Crippen LogP contribution is -2.40. The predicted octanol–water partition coefficient (Wildman–Crippen LogP) is 8.07. The standard InChI is InChI=1S/C32H42N2O/c1-2-26-19-20-34(23-29(26)21-25-13-7-5-8-14-25)24-30-22-33-32(35-30)31(28-17-11-6-12-18-28)27-15-9-3-4-10-16-27/h3,6-7,9,11-14,17-18,22,26-27,29,31H,2,4-5,8,10,15-16,19-21,23-24H2,1H3. The minimum absolute atomic E-state index is 0.233. The highest BCUT2D eigenvalue weighted by atomic mass is 16.4. The molecule has 4 atom stereocenters.